The van der Waals surface area contributed by atoms with Gasteiger partial charge in [-0.05, 0) is 12.1 Å². The third-order valence-electron chi connectivity index (χ3n) is 0.871. The van der Waals surface area contributed by atoms with Gasteiger partial charge in [0.15, 0.2) is 0 Å². The Labute approximate surface area is 56.2 Å². The molecule has 0 saturated carbocycles. The lowest BCUT2D eigenvalue weighted by Crippen LogP contribution is -2.23. The van der Waals surface area contributed by atoms with Crippen molar-refractivity contribution in [2.45, 2.75) is 0 Å². The van der Waals surface area contributed by atoms with Gasteiger partial charge in [-0.2, -0.15) is 5.10 Å². The summed E-state index contributed by atoms with van der Waals surface area (Å²) in [5.41, 5.74) is -1.48. The van der Waals surface area contributed by atoms with E-state index in [9.17, 15) is 9.59 Å². The van der Waals surface area contributed by atoms with Crippen molar-refractivity contribution >= 4 is 0 Å². The van der Waals surface area contributed by atoms with Crippen molar-refractivity contribution in [2.24, 2.45) is 0 Å². The van der Waals surface area contributed by atoms with Gasteiger partial charge in [0.1, 0.15) is 0 Å². The first-order chi connectivity index (χ1) is 4.80. The highest BCUT2D eigenvalue weighted by Crippen LogP contribution is 1.63. The minimum absolute atomic E-state index is 0.645. The molecule has 0 amide bonds. The van der Waals surface area contributed by atoms with Crippen LogP contribution in [0.4, 0.5) is 0 Å². The maximum absolute atomic E-state index is 10.5. The molecule has 0 aliphatic rings. The molecule has 1 aromatic rings. The number of aromatic nitrogens is 2. The average molecular weight is 136 g/mol. The normalized spacial score (nSPS) is 8.80. The predicted molar refractivity (Wildman–Crippen MR) is 34.6 cm³/mol. The van der Waals surface area contributed by atoms with E-state index in [0.717, 1.165) is 6.07 Å². The highest BCUT2D eigenvalue weighted by atomic mass is 16.2. The quantitative estimate of drug-likeness (QED) is 0.438. The Morgan fingerprint density at radius 2 is 2.00 bits per heavy atom. The van der Waals surface area contributed by atoms with Crippen LogP contribution in [0.5, 0.6) is 0 Å². The molecule has 1 aromatic heterocycles. The standard InChI is InChI=1S/C6H4N2O2/c9-5-3-1-2-4-7-8-6(5)10/h1-4H. The van der Waals surface area contributed by atoms with E-state index in [4.69, 9.17) is 0 Å². The van der Waals surface area contributed by atoms with Crippen molar-refractivity contribution in [1.29, 1.82) is 0 Å². The number of hydrogen-bond donors (Lipinski definition) is 0. The van der Waals surface area contributed by atoms with Crippen molar-refractivity contribution in [3.8, 4) is 0 Å². The first kappa shape index (κ1) is 6.54. The van der Waals surface area contributed by atoms with Crippen LogP contribution in [-0.4, -0.2) is 10.2 Å². The summed E-state index contributed by atoms with van der Waals surface area (Å²) in [5.74, 6) is 0. The summed E-state index contributed by atoms with van der Waals surface area (Å²) in [7, 11) is 0. The van der Waals surface area contributed by atoms with Crippen LogP contribution in [0.3, 0.4) is 0 Å². The van der Waals surface area contributed by atoms with Crippen molar-refractivity contribution in [3.63, 3.8) is 0 Å². The summed E-state index contributed by atoms with van der Waals surface area (Å²) in [6.45, 7) is 0. The highest BCUT2D eigenvalue weighted by Gasteiger charge is 1.84. The maximum Gasteiger partial charge on any atom is 0.335 e. The summed E-state index contributed by atoms with van der Waals surface area (Å²) in [5, 5.41) is 6.35. The van der Waals surface area contributed by atoms with E-state index in [1.165, 1.54) is 18.3 Å². The molecule has 0 spiro atoms. The second-order valence-electron chi connectivity index (χ2n) is 1.59. The van der Waals surface area contributed by atoms with Crippen LogP contribution in [0.25, 0.3) is 0 Å². The van der Waals surface area contributed by atoms with E-state index >= 15 is 0 Å². The van der Waals surface area contributed by atoms with Gasteiger partial charge in [0, 0.05) is 6.20 Å². The molecule has 50 valence electrons. The Morgan fingerprint density at radius 1 is 1.20 bits per heavy atom. The monoisotopic (exact) mass is 136 g/mol. The number of rotatable bonds is 0. The molecule has 0 aliphatic carbocycles. The Kier molecular flexibility index (Phi) is 1.84. The zero-order valence-electron chi connectivity index (χ0n) is 5.02. The zero-order chi connectivity index (χ0) is 7.40. The molecular formula is C6H4N2O2. The predicted octanol–water partition coefficient (Wildman–Crippen LogP) is -0.803. The fourth-order valence-corrected chi connectivity index (χ4v) is 0.437. The molecule has 0 fully saturated rings. The Morgan fingerprint density at radius 3 is 2.80 bits per heavy atom. The largest absolute Gasteiger partial charge is 0.335 e. The van der Waals surface area contributed by atoms with E-state index in [1.807, 2.05) is 0 Å². The van der Waals surface area contributed by atoms with E-state index in [1.54, 1.807) is 0 Å². The molecule has 0 unspecified atom stereocenters. The van der Waals surface area contributed by atoms with Crippen LogP contribution in [-0.2, 0) is 0 Å². The topological polar surface area (TPSA) is 59.9 Å². The summed E-state index contributed by atoms with van der Waals surface area (Å²) in [4.78, 5) is 21.0. The van der Waals surface area contributed by atoms with E-state index < -0.39 is 11.0 Å². The molecule has 1 rings (SSSR count). The number of nitrogens with zero attached hydrogens (tertiary/aromatic N) is 2. The third-order valence-corrected chi connectivity index (χ3v) is 0.871. The van der Waals surface area contributed by atoms with Gasteiger partial charge >= 0.3 is 5.56 Å². The van der Waals surface area contributed by atoms with Crippen LogP contribution < -0.4 is 11.0 Å². The first-order valence-corrected chi connectivity index (χ1v) is 2.63. The fraction of sp³-hybridized carbons (Fsp3) is 0. The van der Waals surface area contributed by atoms with Gasteiger partial charge < -0.3 is 0 Å². The highest BCUT2D eigenvalue weighted by molar-refractivity contribution is 4.90. The van der Waals surface area contributed by atoms with Crippen molar-refractivity contribution in [1.82, 2.24) is 10.2 Å². The molecule has 0 aliphatic heterocycles. The molecule has 0 saturated heterocycles. The van der Waals surface area contributed by atoms with Crippen LogP contribution in [0.1, 0.15) is 0 Å². The van der Waals surface area contributed by atoms with Gasteiger partial charge in [0.25, 0.3) is 0 Å². The molecule has 0 N–H and O–H groups in total. The maximum atomic E-state index is 10.5. The molecule has 10 heavy (non-hydrogen) atoms. The third kappa shape index (κ3) is 1.45. The summed E-state index contributed by atoms with van der Waals surface area (Å²) in [6, 6.07) is 4.11. The minimum Gasteiger partial charge on any atom is -0.284 e. The fourth-order valence-electron chi connectivity index (χ4n) is 0.437. The van der Waals surface area contributed by atoms with Gasteiger partial charge in [-0.3, -0.25) is 9.59 Å². The smallest absolute Gasteiger partial charge is 0.284 e. The summed E-state index contributed by atoms with van der Waals surface area (Å²) in [6.07, 6.45) is 1.33. The van der Waals surface area contributed by atoms with Crippen LogP contribution in [0, 0.1) is 0 Å². The van der Waals surface area contributed by atoms with Crippen molar-refractivity contribution in [2.75, 3.05) is 0 Å². The molecule has 4 nitrogen and oxygen atoms in total. The summed E-state index contributed by atoms with van der Waals surface area (Å²) < 4.78 is 0. The lowest BCUT2D eigenvalue weighted by Gasteiger charge is -1.69. The van der Waals surface area contributed by atoms with E-state index in [0.29, 0.717) is 0 Å². The van der Waals surface area contributed by atoms with Gasteiger partial charge in [-0.15, -0.1) is 5.10 Å². The summed E-state index contributed by atoms with van der Waals surface area (Å²) >= 11 is 0. The molecular weight excluding hydrogens is 132 g/mol. The molecule has 0 radical (unpaired) electrons. The van der Waals surface area contributed by atoms with Gasteiger partial charge in [0.2, 0.25) is 5.43 Å². The molecule has 4 heteroatoms. The van der Waals surface area contributed by atoms with Gasteiger partial charge in [-0.1, -0.05) is 6.07 Å². The van der Waals surface area contributed by atoms with Gasteiger partial charge in [0.05, 0.1) is 0 Å². The zero-order valence-corrected chi connectivity index (χ0v) is 5.02. The lowest BCUT2D eigenvalue weighted by molar-refractivity contribution is 0.991. The average Bonchev–Trinajstić information content (AvgIpc) is 1.92. The molecule has 0 bridgehead atoms. The SMILES string of the molecule is O=c1ccccnnc1=O. The van der Waals surface area contributed by atoms with Crippen LogP contribution >= 0.6 is 0 Å². The lowest BCUT2D eigenvalue weighted by atomic mass is 10.5. The molecule has 1 heterocycles. The minimum atomic E-state index is -0.833. The second kappa shape index (κ2) is 2.82. The van der Waals surface area contributed by atoms with Crippen molar-refractivity contribution < 1.29 is 0 Å². The second-order valence-corrected chi connectivity index (χ2v) is 1.59. The first-order valence-electron chi connectivity index (χ1n) is 2.63. The van der Waals surface area contributed by atoms with Crippen LogP contribution in [0.2, 0.25) is 0 Å². The van der Waals surface area contributed by atoms with Crippen molar-refractivity contribution in [3.05, 3.63) is 45.0 Å². The van der Waals surface area contributed by atoms with E-state index in [-0.39, 0.29) is 0 Å². The Hall–Kier alpha value is -1.58. The van der Waals surface area contributed by atoms with Crippen LogP contribution in [0.15, 0.2) is 34.0 Å². The Bertz CT molecular complexity index is 303. The van der Waals surface area contributed by atoms with Gasteiger partial charge in [-0.25, -0.2) is 0 Å². The molecule has 0 aromatic carbocycles. The number of hydrogen-bond acceptors (Lipinski definition) is 4. The Balaban J connectivity index is 3.52. The molecule has 0 atom stereocenters. The van der Waals surface area contributed by atoms with E-state index in [2.05, 4.69) is 10.2 Å².